The summed E-state index contributed by atoms with van der Waals surface area (Å²) < 4.78 is 29.8. The Morgan fingerprint density at radius 2 is 1.86 bits per heavy atom. The fraction of sp³-hybridized carbons (Fsp3) is 0.222. The van der Waals surface area contributed by atoms with Gasteiger partial charge in [-0.1, -0.05) is 0 Å². The molecule has 0 aromatic heterocycles. The summed E-state index contributed by atoms with van der Waals surface area (Å²) in [4.78, 5) is 10.9. The van der Waals surface area contributed by atoms with E-state index in [0.717, 1.165) is 19.2 Å². The van der Waals surface area contributed by atoms with Crippen LogP contribution in [0.4, 0.5) is 8.78 Å². The minimum atomic E-state index is -1.16. The second-order valence-corrected chi connectivity index (χ2v) is 2.70. The predicted octanol–water partition coefficient (Wildman–Crippen LogP) is 1.35. The second kappa shape index (κ2) is 4.22. The fourth-order valence-corrected chi connectivity index (χ4v) is 1.02. The van der Waals surface area contributed by atoms with Gasteiger partial charge in [-0.2, -0.15) is 0 Å². The number of benzene rings is 1. The molecular formula is C9H7BF2O2. The van der Waals surface area contributed by atoms with Crippen molar-refractivity contribution in [2.45, 2.75) is 5.82 Å². The molecule has 1 rings (SSSR count). The van der Waals surface area contributed by atoms with Crippen LogP contribution in [0.5, 0.6) is 0 Å². The van der Waals surface area contributed by atoms with Crippen LogP contribution in [0.3, 0.4) is 0 Å². The maximum absolute atomic E-state index is 12.7. The fourth-order valence-electron chi connectivity index (χ4n) is 1.02. The summed E-state index contributed by atoms with van der Waals surface area (Å²) in [5, 5.41) is 0. The smallest absolute Gasteiger partial charge is 0.304 e. The van der Waals surface area contributed by atoms with Crippen molar-refractivity contribution < 1.29 is 18.3 Å². The number of esters is 1. The van der Waals surface area contributed by atoms with Gasteiger partial charge in [0.15, 0.2) is 0 Å². The topological polar surface area (TPSA) is 26.3 Å². The third kappa shape index (κ3) is 2.31. The van der Waals surface area contributed by atoms with Crippen LogP contribution in [0.2, 0.25) is 0 Å². The maximum Gasteiger partial charge on any atom is 0.304 e. The molecule has 0 amide bonds. The lowest BCUT2D eigenvalue weighted by Crippen LogP contribution is -2.14. The van der Waals surface area contributed by atoms with Crippen LogP contribution in [0.25, 0.3) is 0 Å². The maximum atomic E-state index is 12.7. The summed E-state index contributed by atoms with van der Waals surface area (Å²) in [7, 11) is 6.53. The van der Waals surface area contributed by atoms with Gasteiger partial charge in [-0.3, -0.25) is 4.79 Å². The van der Waals surface area contributed by atoms with E-state index in [0.29, 0.717) is 6.07 Å². The Bertz CT molecular complexity index is 334. The van der Waals surface area contributed by atoms with Crippen LogP contribution in [0, 0.1) is 11.6 Å². The van der Waals surface area contributed by atoms with Crippen molar-refractivity contribution in [3.63, 3.8) is 0 Å². The molecule has 0 saturated heterocycles. The highest BCUT2D eigenvalue weighted by molar-refractivity contribution is 6.23. The number of methoxy groups -OCH3 is 1. The Hall–Kier alpha value is -1.39. The van der Waals surface area contributed by atoms with E-state index >= 15 is 0 Å². The summed E-state index contributed by atoms with van der Waals surface area (Å²) in [5.74, 6) is -3.46. The minimum Gasteiger partial charge on any atom is -0.469 e. The summed E-state index contributed by atoms with van der Waals surface area (Å²) in [6, 6.07) is 2.68. The first kappa shape index (κ1) is 10.7. The van der Waals surface area contributed by atoms with Crippen LogP contribution in [-0.2, 0) is 9.53 Å². The number of carbonyl (C=O) groups excluding carboxylic acids is 1. The zero-order valence-corrected chi connectivity index (χ0v) is 7.46. The van der Waals surface area contributed by atoms with Crippen LogP contribution in [-0.4, -0.2) is 20.9 Å². The van der Waals surface area contributed by atoms with Gasteiger partial charge in [-0.05, 0) is 17.7 Å². The molecule has 0 aliphatic rings. The zero-order valence-electron chi connectivity index (χ0n) is 7.46. The summed E-state index contributed by atoms with van der Waals surface area (Å²) in [5.41, 5.74) is 0.0503. The van der Waals surface area contributed by atoms with E-state index in [1.165, 1.54) is 0 Å². The summed E-state index contributed by atoms with van der Waals surface area (Å²) >= 11 is 0. The molecule has 0 spiro atoms. The lowest BCUT2D eigenvalue weighted by Gasteiger charge is -2.09. The first-order valence-electron chi connectivity index (χ1n) is 3.84. The quantitative estimate of drug-likeness (QED) is 0.527. The molecule has 1 unspecified atom stereocenters. The van der Waals surface area contributed by atoms with Crippen LogP contribution < -0.4 is 0 Å². The zero-order chi connectivity index (χ0) is 10.7. The van der Waals surface area contributed by atoms with E-state index in [4.69, 9.17) is 7.85 Å². The van der Waals surface area contributed by atoms with Crippen LogP contribution in [0.1, 0.15) is 11.4 Å². The molecule has 0 saturated carbocycles. The molecule has 0 heterocycles. The normalized spacial score (nSPS) is 12.2. The van der Waals surface area contributed by atoms with E-state index in [1.807, 2.05) is 0 Å². The molecule has 2 nitrogen and oxygen atoms in total. The van der Waals surface area contributed by atoms with Crippen LogP contribution >= 0.6 is 0 Å². The first-order valence-corrected chi connectivity index (χ1v) is 3.84. The Morgan fingerprint density at radius 1 is 1.36 bits per heavy atom. The number of hydrogen-bond acceptors (Lipinski definition) is 2. The van der Waals surface area contributed by atoms with E-state index in [-0.39, 0.29) is 5.56 Å². The van der Waals surface area contributed by atoms with E-state index in [2.05, 4.69) is 4.74 Å². The Balaban J connectivity index is 3.00. The van der Waals surface area contributed by atoms with Crippen molar-refractivity contribution in [3.8, 4) is 0 Å². The Labute approximate surface area is 81.3 Å². The first-order chi connectivity index (χ1) is 6.54. The minimum absolute atomic E-state index is 0.0503. The molecule has 5 heteroatoms. The molecule has 1 aromatic rings. The lowest BCUT2D eigenvalue weighted by atomic mass is 9.81. The third-order valence-electron chi connectivity index (χ3n) is 1.70. The van der Waals surface area contributed by atoms with Gasteiger partial charge in [0.05, 0.1) is 15.0 Å². The molecule has 1 aromatic carbocycles. The highest BCUT2D eigenvalue weighted by Crippen LogP contribution is 2.16. The largest absolute Gasteiger partial charge is 0.469 e. The van der Waals surface area contributed by atoms with Gasteiger partial charge in [0.2, 0.25) is 0 Å². The molecule has 72 valence electrons. The van der Waals surface area contributed by atoms with Gasteiger partial charge < -0.3 is 4.74 Å². The average Bonchev–Trinajstić information content (AvgIpc) is 2.14. The molecule has 1 atom stereocenters. The van der Waals surface area contributed by atoms with Crippen molar-refractivity contribution in [2.24, 2.45) is 0 Å². The molecule has 14 heavy (non-hydrogen) atoms. The van der Waals surface area contributed by atoms with Crippen molar-refractivity contribution in [1.29, 1.82) is 0 Å². The van der Waals surface area contributed by atoms with E-state index in [1.54, 1.807) is 0 Å². The number of halogens is 2. The number of rotatable bonds is 2. The van der Waals surface area contributed by atoms with Gasteiger partial charge >= 0.3 is 5.97 Å². The Kier molecular flexibility index (Phi) is 3.22. The third-order valence-corrected chi connectivity index (χ3v) is 1.70. The lowest BCUT2D eigenvalue weighted by molar-refractivity contribution is -0.140. The molecule has 0 aliphatic carbocycles. The van der Waals surface area contributed by atoms with Crippen molar-refractivity contribution in [1.82, 2.24) is 0 Å². The average molecular weight is 196 g/mol. The summed E-state index contributed by atoms with van der Waals surface area (Å²) in [6.07, 6.45) is 0. The second-order valence-electron chi connectivity index (χ2n) is 2.70. The van der Waals surface area contributed by atoms with E-state index in [9.17, 15) is 13.6 Å². The Morgan fingerprint density at radius 3 is 2.29 bits per heavy atom. The van der Waals surface area contributed by atoms with Gasteiger partial charge in [0.1, 0.15) is 11.6 Å². The molecule has 0 aliphatic heterocycles. The van der Waals surface area contributed by atoms with Crippen molar-refractivity contribution >= 4 is 13.8 Å². The SMILES string of the molecule is [B]C(C(=O)OC)c1cc(F)cc(F)c1. The predicted molar refractivity (Wildman–Crippen MR) is 46.9 cm³/mol. The van der Waals surface area contributed by atoms with Crippen molar-refractivity contribution in [3.05, 3.63) is 35.4 Å². The monoisotopic (exact) mass is 196 g/mol. The van der Waals surface area contributed by atoms with Gasteiger partial charge in [-0.25, -0.2) is 8.78 Å². The van der Waals surface area contributed by atoms with E-state index < -0.39 is 23.4 Å². The summed E-state index contributed by atoms with van der Waals surface area (Å²) in [6.45, 7) is 0. The number of carbonyl (C=O) groups is 1. The molecule has 2 radical (unpaired) electrons. The van der Waals surface area contributed by atoms with Gasteiger partial charge in [0.25, 0.3) is 0 Å². The molecular weight excluding hydrogens is 189 g/mol. The highest BCUT2D eigenvalue weighted by Gasteiger charge is 2.16. The van der Waals surface area contributed by atoms with Gasteiger partial charge in [0, 0.05) is 11.9 Å². The molecule has 0 fully saturated rings. The standard InChI is InChI=1S/C9H7BF2O2/c1-14-9(13)8(10)5-2-6(11)4-7(12)3-5/h2-4,8H,1H3. The van der Waals surface area contributed by atoms with Crippen LogP contribution in [0.15, 0.2) is 18.2 Å². The van der Waals surface area contributed by atoms with Crippen molar-refractivity contribution in [2.75, 3.05) is 7.11 Å². The number of ether oxygens (including phenoxy) is 1. The highest BCUT2D eigenvalue weighted by atomic mass is 19.1. The number of hydrogen-bond donors (Lipinski definition) is 0. The molecule has 0 bridgehead atoms. The molecule has 0 N–H and O–H groups in total. The van der Waals surface area contributed by atoms with Gasteiger partial charge in [-0.15, -0.1) is 0 Å².